The lowest BCUT2D eigenvalue weighted by Crippen LogP contribution is -2.25. The second-order valence-electron chi connectivity index (χ2n) is 6.54. The lowest BCUT2D eigenvalue weighted by molar-refractivity contribution is -0.118. The van der Waals surface area contributed by atoms with Crippen LogP contribution in [0.1, 0.15) is 55.2 Å². The first-order chi connectivity index (χ1) is 9.06. The van der Waals surface area contributed by atoms with Crippen molar-refractivity contribution in [3.05, 3.63) is 28.8 Å². The highest BCUT2D eigenvalue weighted by Gasteiger charge is 2.38. The molecule has 1 aliphatic heterocycles. The number of nitrogens with one attached hydrogen (secondary N) is 1. The van der Waals surface area contributed by atoms with E-state index < -0.39 is 0 Å². The maximum absolute atomic E-state index is 12.4. The van der Waals surface area contributed by atoms with Crippen LogP contribution in [0.3, 0.4) is 0 Å². The molecule has 0 radical (unpaired) electrons. The molecule has 2 heteroatoms. The summed E-state index contributed by atoms with van der Waals surface area (Å²) in [5.41, 5.74) is 4.80. The fourth-order valence-corrected chi connectivity index (χ4v) is 4.01. The summed E-state index contributed by atoms with van der Waals surface area (Å²) in [5.74, 6) is 1.62. The van der Waals surface area contributed by atoms with Gasteiger partial charge >= 0.3 is 0 Å². The minimum absolute atomic E-state index is 0.0938. The van der Waals surface area contributed by atoms with Crippen LogP contribution in [0.5, 0.6) is 0 Å². The van der Waals surface area contributed by atoms with E-state index in [-0.39, 0.29) is 11.8 Å². The highest BCUT2D eigenvalue weighted by Crippen LogP contribution is 2.45. The van der Waals surface area contributed by atoms with E-state index in [0.717, 1.165) is 11.6 Å². The van der Waals surface area contributed by atoms with Crippen LogP contribution in [0.4, 0.5) is 5.69 Å². The fourth-order valence-electron chi connectivity index (χ4n) is 4.01. The molecule has 1 aliphatic carbocycles. The lowest BCUT2D eigenvalue weighted by atomic mass is 9.73. The summed E-state index contributed by atoms with van der Waals surface area (Å²) >= 11 is 0. The lowest BCUT2D eigenvalue weighted by Gasteiger charge is -2.30. The quantitative estimate of drug-likeness (QED) is 0.804. The Morgan fingerprint density at radius 3 is 2.74 bits per heavy atom. The smallest absolute Gasteiger partial charge is 0.232 e. The van der Waals surface area contributed by atoms with E-state index in [1.165, 1.54) is 42.4 Å². The molecule has 0 spiro atoms. The van der Waals surface area contributed by atoms with Crippen LogP contribution in [-0.2, 0) is 4.79 Å². The van der Waals surface area contributed by atoms with E-state index in [2.05, 4.69) is 38.2 Å². The third kappa shape index (κ3) is 2.18. The Labute approximate surface area is 115 Å². The van der Waals surface area contributed by atoms with Crippen LogP contribution in [0.15, 0.2) is 12.1 Å². The molecule has 102 valence electrons. The number of benzene rings is 1. The van der Waals surface area contributed by atoms with E-state index in [1.54, 1.807) is 0 Å². The van der Waals surface area contributed by atoms with Crippen molar-refractivity contribution >= 4 is 11.6 Å². The summed E-state index contributed by atoms with van der Waals surface area (Å²) in [5, 5.41) is 3.12. The molecule has 3 unspecified atom stereocenters. The van der Waals surface area contributed by atoms with Crippen molar-refractivity contribution in [1.29, 1.82) is 0 Å². The van der Waals surface area contributed by atoms with Gasteiger partial charge in [0.15, 0.2) is 0 Å². The van der Waals surface area contributed by atoms with Gasteiger partial charge in [0.05, 0.1) is 5.92 Å². The first-order valence-electron chi connectivity index (χ1n) is 7.48. The highest BCUT2D eigenvalue weighted by atomic mass is 16.2. The average Bonchev–Trinajstić information content (AvgIpc) is 2.66. The van der Waals surface area contributed by atoms with Crippen LogP contribution < -0.4 is 5.32 Å². The second kappa shape index (κ2) is 4.66. The standard InChI is InChI=1S/C17H23NO/c1-10-5-4-6-13(8-10)15-14-9-11(2)7-12(3)16(14)18-17(15)19/h7,9-10,13,15H,4-6,8H2,1-3H3,(H,18,19). The SMILES string of the molecule is Cc1cc(C)c2c(c1)C(C1CCCC(C)C1)C(=O)N2. The number of carbonyl (C=O) groups excluding carboxylic acids is 1. The molecule has 1 N–H and O–H groups in total. The molecule has 2 aliphatic rings. The Morgan fingerprint density at radius 2 is 2.00 bits per heavy atom. The highest BCUT2D eigenvalue weighted by molar-refractivity contribution is 6.04. The molecular formula is C17H23NO. The van der Waals surface area contributed by atoms with Gasteiger partial charge in [-0.05, 0) is 49.7 Å². The number of hydrogen-bond donors (Lipinski definition) is 1. The predicted octanol–water partition coefficient (Wildman–Crippen LogP) is 4.17. The number of aryl methyl sites for hydroxylation is 2. The molecule has 1 aromatic carbocycles. The number of hydrogen-bond acceptors (Lipinski definition) is 1. The zero-order valence-corrected chi connectivity index (χ0v) is 12.1. The van der Waals surface area contributed by atoms with Gasteiger partial charge in [-0.1, -0.05) is 37.5 Å². The largest absolute Gasteiger partial charge is 0.325 e. The number of anilines is 1. The Hall–Kier alpha value is -1.31. The van der Waals surface area contributed by atoms with Gasteiger partial charge < -0.3 is 5.32 Å². The Balaban J connectivity index is 1.98. The first kappa shape index (κ1) is 12.7. The van der Waals surface area contributed by atoms with E-state index in [4.69, 9.17) is 0 Å². The third-order valence-electron chi connectivity index (χ3n) is 4.82. The predicted molar refractivity (Wildman–Crippen MR) is 78.4 cm³/mol. The molecule has 2 nitrogen and oxygen atoms in total. The Bertz CT molecular complexity index is 520. The van der Waals surface area contributed by atoms with Crippen molar-refractivity contribution in [1.82, 2.24) is 0 Å². The Morgan fingerprint density at radius 1 is 1.21 bits per heavy atom. The molecule has 19 heavy (non-hydrogen) atoms. The normalized spacial score (nSPS) is 30.1. The van der Waals surface area contributed by atoms with Crippen molar-refractivity contribution < 1.29 is 4.79 Å². The number of fused-ring (bicyclic) bond motifs is 1. The van der Waals surface area contributed by atoms with Crippen molar-refractivity contribution in [3.8, 4) is 0 Å². The molecule has 0 aromatic heterocycles. The number of amides is 1. The fraction of sp³-hybridized carbons (Fsp3) is 0.588. The summed E-state index contributed by atoms with van der Waals surface area (Å²) in [6, 6.07) is 4.37. The van der Waals surface area contributed by atoms with Crippen LogP contribution in [0, 0.1) is 25.7 Å². The molecule has 0 saturated heterocycles. The molecule has 1 amide bonds. The maximum Gasteiger partial charge on any atom is 0.232 e. The summed E-state index contributed by atoms with van der Waals surface area (Å²) in [6.07, 6.45) is 5.00. The van der Waals surface area contributed by atoms with Gasteiger partial charge in [0.2, 0.25) is 5.91 Å². The van der Waals surface area contributed by atoms with Crippen molar-refractivity contribution in [2.24, 2.45) is 11.8 Å². The van der Waals surface area contributed by atoms with Crippen LogP contribution >= 0.6 is 0 Å². The second-order valence-corrected chi connectivity index (χ2v) is 6.54. The van der Waals surface area contributed by atoms with Crippen molar-refractivity contribution in [2.45, 2.75) is 52.4 Å². The van der Waals surface area contributed by atoms with Gasteiger partial charge in [0.25, 0.3) is 0 Å². The van der Waals surface area contributed by atoms with Gasteiger partial charge in [0, 0.05) is 5.69 Å². The Kier molecular flexibility index (Phi) is 3.12. The van der Waals surface area contributed by atoms with E-state index >= 15 is 0 Å². The topological polar surface area (TPSA) is 29.1 Å². The van der Waals surface area contributed by atoms with Gasteiger partial charge in [-0.15, -0.1) is 0 Å². The minimum Gasteiger partial charge on any atom is -0.325 e. The molecule has 1 saturated carbocycles. The van der Waals surface area contributed by atoms with Crippen molar-refractivity contribution in [2.75, 3.05) is 5.32 Å². The monoisotopic (exact) mass is 257 g/mol. The van der Waals surface area contributed by atoms with Crippen LogP contribution in [0.25, 0.3) is 0 Å². The first-order valence-corrected chi connectivity index (χ1v) is 7.48. The van der Waals surface area contributed by atoms with Gasteiger partial charge in [-0.3, -0.25) is 4.79 Å². The molecule has 0 bridgehead atoms. The molecule has 3 rings (SSSR count). The molecular weight excluding hydrogens is 234 g/mol. The number of carbonyl (C=O) groups is 1. The number of rotatable bonds is 1. The minimum atomic E-state index is 0.0938. The molecule has 3 atom stereocenters. The zero-order chi connectivity index (χ0) is 13.6. The van der Waals surface area contributed by atoms with Gasteiger partial charge in [-0.2, -0.15) is 0 Å². The third-order valence-corrected chi connectivity index (χ3v) is 4.82. The van der Waals surface area contributed by atoms with Gasteiger partial charge in [0.1, 0.15) is 0 Å². The summed E-state index contributed by atoms with van der Waals surface area (Å²) < 4.78 is 0. The van der Waals surface area contributed by atoms with Crippen LogP contribution in [0.2, 0.25) is 0 Å². The summed E-state index contributed by atoms with van der Waals surface area (Å²) in [4.78, 5) is 12.4. The zero-order valence-electron chi connectivity index (χ0n) is 12.1. The van der Waals surface area contributed by atoms with Gasteiger partial charge in [-0.25, -0.2) is 0 Å². The maximum atomic E-state index is 12.4. The van der Waals surface area contributed by atoms with E-state index in [9.17, 15) is 4.79 Å². The van der Waals surface area contributed by atoms with E-state index in [0.29, 0.717) is 5.92 Å². The average molecular weight is 257 g/mol. The van der Waals surface area contributed by atoms with Crippen molar-refractivity contribution in [3.63, 3.8) is 0 Å². The molecule has 1 heterocycles. The van der Waals surface area contributed by atoms with Crippen LogP contribution in [-0.4, -0.2) is 5.91 Å². The molecule has 1 aromatic rings. The molecule has 1 fully saturated rings. The van der Waals surface area contributed by atoms with E-state index in [1.807, 2.05) is 0 Å². The summed E-state index contributed by atoms with van der Waals surface area (Å²) in [6.45, 7) is 6.54. The summed E-state index contributed by atoms with van der Waals surface area (Å²) in [7, 11) is 0.